The van der Waals surface area contributed by atoms with E-state index in [0.29, 0.717) is 0 Å². The Morgan fingerprint density at radius 3 is 2.12 bits per heavy atom. The van der Waals surface area contributed by atoms with Crippen LogP contribution in [0.15, 0.2) is 30.3 Å². The molecule has 0 aliphatic carbocycles. The van der Waals surface area contributed by atoms with Crippen LogP contribution in [0.1, 0.15) is 0 Å². The van der Waals surface area contributed by atoms with Crippen molar-refractivity contribution >= 4 is 17.6 Å². The lowest BCUT2D eigenvalue weighted by Crippen LogP contribution is -2.12. The molecule has 0 saturated heterocycles. The monoisotopic (exact) mass is 217 g/mol. The highest BCUT2D eigenvalue weighted by Gasteiger charge is 2.09. The maximum atomic E-state index is 4.09. The molecule has 0 aliphatic heterocycles. The number of benzene rings is 1. The van der Waals surface area contributed by atoms with Crippen LogP contribution < -0.4 is 9.80 Å². The van der Waals surface area contributed by atoms with Crippen LogP contribution in [0.2, 0.25) is 0 Å². The molecule has 0 fully saturated rings. The third kappa shape index (κ3) is 1.98. The van der Waals surface area contributed by atoms with Crippen molar-refractivity contribution < 1.29 is 0 Å². The fraction of sp³-hybridized carbons (Fsp3) is 0.273. The van der Waals surface area contributed by atoms with E-state index in [9.17, 15) is 0 Å². The first-order valence-electron chi connectivity index (χ1n) is 5.07. The molecule has 1 aromatic heterocycles. The summed E-state index contributed by atoms with van der Waals surface area (Å²) in [4.78, 5) is 6.98. The molecule has 5 nitrogen and oxygen atoms in total. The van der Waals surface area contributed by atoms with Gasteiger partial charge in [-0.25, -0.2) is 0 Å². The standard InChI is InChI=1S/C11H15N5/c1-15(2)10-12-11(14-13-10)16(3)9-7-5-4-6-8-9/h4-8H,1-3H3,(H,12,13,14). The zero-order chi connectivity index (χ0) is 11.5. The normalized spacial score (nSPS) is 10.2. The summed E-state index contributed by atoms with van der Waals surface area (Å²) in [6.45, 7) is 0. The van der Waals surface area contributed by atoms with E-state index in [-0.39, 0.29) is 0 Å². The minimum Gasteiger partial charge on any atom is -0.347 e. The molecule has 0 unspecified atom stereocenters. The second-order valence-corrected chi connectivity index (χ2v) is 3.76. The van der Waals surface area contributed by atoms with Crippen LogP contribution in [0.3, 0.4) is 0 Å². The van der Waals surface area contributed by atoms with E-state index < -0.39 is 0 Å². The Bertz CT molecular complexity index is 448. The number of H-pyrrole nitrogens is 1. The van der Waals surface area contributed by atoms with Gasteiger partial charge in [-0.3, -0.25) is 4.98 Å². The molecule has 0 bridgehead atoms. The largest absolute Gasteiger partial charge is 0.347 e. The Kier molecular flexibility index (Phi) is 2.76. The first-order chi connectivity index (χ1) is 7.68. The van der Waals surface area contributed by atoms with Crippen LogP contribution in [-0.4, -0.2) is 36.3 Å². The third-order valence-corrected chi connectivity index (χ3v) is 2.35. The second-order valence-electron chi connectivity index (χ2n) is 3.76. The highest BCUT2D eigenvalue weighted by atomic mass is 15.4. The summed E-state index contributed by atoms with van der Waals surface area (Å²) in [5, 5.41) is 8.13. The van der Waals surface area contributed by atoms with Gasteiger partial charge in [-0.05, 0) is 12.1 Å². The predicted octanol–water partition coefficient (Wildman–Crippen LogP) is 1.64. The number of hydrogen-bond donors (Lipinski definition) is 1. The van der Waals surface area contributed by atoms with Crippen molar-refractivity contribution in [2.45, 2.75) is 0 Å². The average molecular weight is 217 g/mol. The molecular weight excluding hydrogens is 202 g/mol. The summed E-state index contributed by atoms with van der Waals surface area (Å²) in [6.07, 6.45) is 0. The lowest BCUT2D eigenvalue weighted by Gasteiger charge is -2.15. The van der Waals surface area contributed by atoms with Crippen LogP contribution in [0, 0.1) is 0 Å². The van der Waals surface area contributed by atoms with Gasteiger partial charge in [0.25, 0.3) is 0 Å². The van der Waals surface area contributed by atoms with E-state index in [1.165, 1.54) is 0 Å². The number of anilines is 3. The zero-order valence-corrected chi connectivity index (χ0v) is 9.68. The van der Waals surface area contributed by atoms with Gasteiger partial charge in [0.15, 0.2) is 0 Å². The van der Waals surface area contributed by atoms with Gasteiger partial charge in [-0.2, -0.15) is 0 Å². The Balaban J connectivity index is 2.24. The highest BCUT2D eigenvalue weighted by molar-refractivity contribution is 5.56. The molecule has 5 heteroatoms. The van der Waals surface area contributed by atoms with Gasteiger partial charge in [-0.15, -0.1) is 10.2 Å². The van der Waals surface area contributed by atoms with Gasteiger partial charge in [0.1, 0.15) is 0 Å². The lowest BCUT2D eigenvalue weighted by molar-refractivity contribution is 0.994. The quantitative estimate of drug-likeness (QED) is 0.849. The maximum Gasteiger partial charge on any atom is 0.230 e. The second kappa shape index (κ2) is 4.22. The smallest absolute Gasteiger partial charge is 0.230 e. The van der Waals surface area contributed by atoms with Crippen LogP contribution in [0.5, 0.6) is 0 Å². The van der Waals surface area contributed by atoms with Crippen molar-refractivity contribution in [3.8, 4) is 0 Å². The molecule has 2 rings (SSSR count). The van der Waals surface area contributed by atoms with Crippen molar-refractivity contribution in [3.05, 3.63) is 30.3 Å². The fourth-order valence-corrected chi connectivity index (χ4v) is 1.37. The Hall–Kier alpha value is -2.04. The van der Waals surface area contributed by atoms with E-state index >= 15 is 0 Å². The molecule has 16 heavy (non-hydrogen) atoms. The third-order valence-electron chi connectivity index (χ3n) is 2.35. The van der Waals surface area contributed by atoms with Gasteiger partial charge in [0, 0.05) is 26.8 Å². The van der Waals surface area contributed by atoms with Crippen LogP contribution in [0.4, 0.5) is 17.6 Å². The Labute approximate surface area is 94.7 Å². The zero-order valence-electron chi connectivity index (χ0n) is 9.68. The number of rotatable bonds is 3. The average Bonchev–Trinajstić information content (AvgIpc) is 2.78. The Morgan fingerprint density at radius 1 is 0.938 bits per heavy atom. The van der Waals surface area contributed by atoms with Crippen molar-refractivity contribution in [1.82, 2.24) is 15.2 Å². The van der Waals surface area contributed by atoms with Crippen LogP contribution >= 0.6 is 0 Å². The molecule has 1 N–H and O–H groups in total. The minimum atomic E-state index is 0.731. The van der Waals surface area contributed by atoms with Gasteiger partial charge in [0.05, 0.1) is 0 Å². The van der Waals surface area contributed by atoms with E-state index in [4.69, 9.17) is 0 Å². The topological polar surface area (TPSA) is 48.1 Å². The molecule has 1 aromatic carbocycles. The number of para-hydroxylation sites is 1. The maximum absolute atomic E-state index is 4.09. The van der Waals surface area contributed by atoms with Gasteiger partial charge < -0.3 is 9.80 Å². The number of aromatic nitrogens is 3. The first-order valence-corrected chi connectivity index (χ1v) is 5.07. The summed E-state index contributed by atoms with van der Waals surface area (Å²) in [5.41, 5.74) is 1.07. The minimum absolute atomic E-state index is 0.731. The molecule has 0 atom stereocenters. The number of hydrogen-bond acceptors (Lipinski definition) is 4. The molecule has 2 aromatic rings. The molecule has 0 spiro atoms. The van der Waals surface area contributed by atoms with Crippen LogP contribution in [-0.2, 0) is 0 Å². The molecular formula is C11H15N5. The molecule has 0 aliphatic rings. The van der Waals surface area contributed by atoms with Gasteiger partial charge in [-0.1, -0.05) is 18.2 Å². The molecule has 0 saturated carbocycles. The summed E-state index contributed by atoms with van der Waals surface area (Å²) in [6, 6.07) is 10.0. The van der Waals surface area contributed by atoms with Crippen molar-refractivity contribution in [3.63, 3.8) is 0 Å². The summed E-state index contributed by atoms with van der Waals surface area (Å²) in [7, 11) is 5.80. The van der Waals surface area contributed by atoms with E-state index in [2.05, 4.69) is 15.2 Å². The van der Waals surface area contributed by atoms with E-state index in [0.717, 1.165) is 17.6 Å². The number of nitrogens with one attached hydrogen (secondary N) is 1. The summed E-state index contributed by atoms with van der Waals surface area (Å²) >= 11 is 0. The fourth-order valence-electron chi connectivity index (χ4n) is 1.37. The molecule has 0 radical (unpaired) electrons. The Morgan fingerprint density at radius 2 is 1.56 bits per heavy atom. The highest BCUT2D eigenvalue weighted by Crippen LogP contribution is 2.20. The first kappa shape index (κ1) is 10.5. The lowest BCUT2D eigenvalue weighted by atomic mass is 10.3. The van der Waals surface area contributed by atoms with E-state index in [1.54, 1.807) is 0 Å². The van der Waals surface area contributed by atoms with Crippen molar-refractivity contribution in [2.75, 3.05) is 30.9 Å². The van der Waals surface area contributed by atoms with E-state index in [1.807, 2.05) is 61.3 Å². The summed E-state index contributed by atoms with van der Waals surface area (Å²) in [5.74, 6) is 1.48. The molecule has 0 amide bonds. The predicted molar refractivity (Wildman–Crippen MR) is 65.2 cm³/mol. The molecule has 84 valence electrons. The van der Waals surface area contributed by atoms with Crippen molar-refractivity contribution in [2.24, 2.45) is 0 Å². The number of nitrogens with zero attached hydrogens (tertiary/aromatic N) is 4. The summed E-state index contributed by atoms with van der Waals surface area (Å²) < 4.78 is 0. The van der Waals surface area contributed by atoms with Crippen LogP contribution in [0.25, 0.3) is 0 Å². The molecule has 1 heterocycles. The van der Waals surface area contributed by atoms with Gasteiger partial charge in [0.2, 0.25) is 11.9 Å². The van der Waals surface area contributed by atoms with Gasteiger partial charge >= 0.3 is 0 Å². The number of aromatic amines is 1. The van der Waals surface area contributed by atoms with Crippen molar-refractivity contribution in [1.29, 1.82) is 0 Å². The SMILES string of the molecule is CN(C)c1nnc(N(C)c2ccccc2)[nH]1.